The summed E-state index contributed by atoms with van der Waals surface area (Å²) < 4.78 is 5.52. The number of hydrogen-bond donors (Lipinski definition) is 0. The Morgan fingerprint density at radius 1 is 0.287 bits per heavy atom. The van der Waals surface area contributed by atoms with Crippen LogP contribution in [0, 0.1) is 47.0 Å². The van der Waals surface area contributed by atoms with Crippen molar-refractivity contribution < 1.29 is 4.74 Å². The Bertz CT molecular complexity index is 5570. The fraction of sp³-hybridized carbons (Fsp3) is 0.496. The van der Waals surface area contributed by atoms with E-state index in [1.807, 2.05) is 0 Å². The summed E-state index contributed by atoms with van der Waals surface area (Å²) in [6, 6.07) is 72.4. The van der Waals surface area contributed by atoms with Gasteiger partial charge in [-0.15, -0.1) is 0 Å². The van der Waals surface area contributed by atoms with Crippen molar-refractivity contribution in [2.45, 2.75) is 372 Å². The van der Waals surface area contributed by atoms with Crippen molar-refractivity contribution in [3.63, 3.8) is 0 Å². The SMILES string of the molecule is CC[Si](CC)(CC)c1cc(C(C)(C)C)c(C)c2ccccc12.COc1cc(C(C)(C)C)c(C)c2ccccc12.Cc1c(C(C)(C)C)cc(C2CCC(C)(C)CC2)c2ccccc12.Cc1c(C(C)(C)C)cc(C2CCCC2)c2ccccc12.Cc1c(C(C)(C)C)cc(C2CCCCC2)c2ccccc12.Cc1c(C(C)(C)C)cc([Si](C)(C)C)c2ccccc12. The molecule has 0 heterocycles. The molecule has 12 aromatic rings. The van der Waals surface area contributed by atoms with E-state index in [1.165, 1.54) is 233 Å². The fourth-order valence-corrected chi connectivity index (χ4v) is 27.3. The Hall–Kier alpha value is -7.57. The molecule has 122 heavy (non-hydrogen) atoms. The van der Waals surface area contributed by atoms with Crippen LogP contribution in [-0.4, -0.2) is 23.3 Å². The number of aryl methyl sites for hydroxylation is 6. The monoisotopic (exact) mass is 1670 g/mol. The molecule has 0 saturated heterocycles. The molecule has 3 heteroatoms. The van der Waals surface area contributed by atoms with Crippen LogP contribution in [0.25, 0.3) is 64.6 Å². The van der Waals surface area contributed by atoms with Gasteiger partial charge in [-0.1, -0.05) is 415 Å². The highest BCUT2D eigenvalue weighted by Crippen LogP contribution is 2.49. The van der Waals surface area contributed by atoms with Gasteiger partial charge in [-0.25, -0.2) is 0 Å². The quantitative estimate of drug-likeness (QED) is 0.131. The van der Waals surface area contributed by atoms with Crippen LogP contribution in [0.1, 0.15) is 344 Å². The van der Waals surface area contributed by atoms with E-state index in [2.05, 4.69) is 402 Å². The first kappa shape index (κ1) is 96.6. The Labute approximate surface area is 746 Å². The molecule has 0 aliphatic heterocycles. The Balaban J connectivity index is 0.000000154. The largest absolute Gasteiger partial charge is 0.496 e. The molecule has 0 unspecified atom stereocenters. The third-order valence-electron chi connectivity index (χ3n) is 29.0. The summed E-state index contributed by atoms with van der Waals surface area (Å²) >= 11 is 0. The van der Waals surface area contributed by atoms with Gasteiger partial charge in [0.1, 0.15) is 5.75 Å². The highest BCUT2D eigenvalue weighted by Gasteiger charge is 2.36. The summed E-state index contributed by atoms with van der Waals surface area (Å²) in [6.45, 7) is 74.9. The molecule has 654 valence electrons. The second kappa shape index (κ2) is 38.7. The summed E-state index contributed by atoms with van der Waals surface area (Å²) in [7, 11) is -0.982. The van der Waals surface area contributed by atoms with Crippen LogP contribution < -0.4 is 15.1 Å². The molecular weight excluding hydrogens is 1500 g/mol. The molecule has 0 N–H and O–H groups in total. The van der Waals surface area contributed by atoms with Crippen LogP contribution in [0.4, 0.5) is 0 Å². The lowest BCUT2D eigenvalue weighted by Crippen LogP contribution is -2.46. The van der Waals surface area contributed by atoms with Gasteiger partial charge in [0.25, 0.3) is 0 Å². The summed E-state index contributed by atoms with van der Waals surface area (Å²) in [6.07, 6.45) is 17.9. The molecule has 3 aliphatic carbocycles. The first-order valence-corrected chi connectivity index (χ1v) is 53.9. The van der Waals surface area contributed by atoms with E-state index in [4.69, 9.17) is 4.74 Å². The van der Waals surface area contributed by atoms with E-state index in [0.717, 1.165) is 23.5 Å². The molecular formula is C119H164OSi2. The van der Waals surface area contributed by atoms with Crippen LogP contribution in [0.5, 0.6) is 5.75 Å². The van der Waals surface area contributed by atoms with Gasteiger partial charge >= 0.3 is 0 Å². The van der Waals surface area contributed by atoms with Gasteiger partial charge in [0.2, 0.25) is 0 Å². The minimum atomic E-state index is -1.39. The molecule has 12 aromatic carbocycles. The minimum Gasteiger partial charge on any atom is -0.496 e. The van der Waals surface area contributed by atoms with Crippen LogP contribution in [0.2, 0.25) is 37.8 Å². The van der Waals surface area contributed by atoms with E-state index in [-0.39, 0.29) is 32.5 Å². The Kier molecular flexibility index (Phi) is 30.7. The first-order valence-electron chi connectivity index (χ1n) is 47.7. The summed E-state index contributed by atoms with van der Waals surface area (Å²) in [4.78, 5) is 0. The normalized spacial score (nSPS) is 15.4. The Morgan fingerprint density at radius 2 is 0.508 bits per heavy atom. The number of benzene rings is 12. The van der Waals surface area contributed by atoms with Crippen LogP contribution in [-0.2, 0) is 32.5 Å². The molecule has 0 atom stereocenters. The van der Waals surface area contributed by atoms with Crippen molar-refractivity contribution in [2.24, 2.45) is 5.41 Å². The zero-order valence-corrected chi connectivity index (χ0v) is 85.3. The smallest absolute Gasteiger partial charge is 0.126 e. The van der Waals surface area contributed by atoms with Gasteiger partial charge in [0, 0.05) is 5.39 Å². The van der Waals surface area contributed by atoms with Crippen molar-refractivity contribution in [2.75, 3.05) is 7.11 Å². The van der Waals surface area contributed by atoms with Gasteiger partial charge in [-0.2, -0.15) is 0 Å². The highest BCUT2D eigenvalue weighted by molar-refractivity contribution is 6.93. The molecule has 3 saturated carbocycles. The van der Waals surface area contributed by atoms with Crippen molar-refractivity contribution >= 4 is 91.2 Å². The van der Waals surface area contributed by atoms with E-state index in [9.17, 15) is 0 Å². The maximum atomic E-state index is 5.52. The lowest BCUT2D eigenvalue weighted by molar-refractivity contribution is 0.225. The van der Waals surface area contributed by atoms with Crippen molar-refractivity contribution in [3.05, 3.63) is 265 Å². The average molecular weight is 1670 g/mol. The molecule has 15 rings (SSSR count). The lowest BCUT2D eigenvalue weighted by Gasteiger charge is -2.36. The highest BCUT2D eigenvalue weighted by atomic mass is 28.3. The zero-order chi connectivity index (χ0) is 89.8. The maximum Gasteiger partial charge on any atom is 0.126 e. The molecule has 0 radical (unpaired) electrons. The molecule has 0 aromatic heterocycles. The molecule has 1 nitrogen and oxygen atoms in total. The van der Waals surface area contributed by atoms with E-state index in [1.54, 1.807) is 34.2 Å². The molecule has 0 amide bonds. The number of hydrogen-bond acceptors (Lipinski definition) is 1. The van der Waals surface area contributed by atoms with Crippen molar-refractivity contribution in [3.8, 4) is 5.75 Å². The van der Waals surface area contributed by atoms with E-state index >= 15 is 0 Å². The maximum absolute atomic E-state index is 5.52. The zero-order valence-electron chi connectivity index (χ0n) is 83.3. The predicted octanol–water partition coefficient (Wildman–Crippen LogP) is 35.3. The molecule has 0 bridgehead atoms. The second-order valence-electron chi connectivity index (χ2n) is 45.5. The summed E-state index contributed by atoms with van der Waals surface area (Å²) in [5.74, 6) is 3.25. The Morgan fingerprint density at radius 3 is 0.787 bits per heavy atom. The van der Waals surface area contributed by atoms with Gasteiger partial charge in [0.15, 0.2) is 0 Å². The second-order valence-corrected chi connectivity index (χ2v) is 55.7. The van der Waals surface area contributed by atoms with Gasteiger partial charge in [-0.05, 0) is 297 Å². The van der Waals surface area contributed by atoms with Crippen LogP contribution in [0.15, 0.2) is 182 Å². The number of ether oxygens (including phenoxy) is 1. The first-order chi connectivity index (χ1) is 57.0. The van der Waals surface area contributed by atoms with E-state index in [0.29, 0.717) is 5.41 Å². The summed E-state index contributed by atoms with van der Waals surface area (Å²) in [5.41, 5.74) is 24.2. The minimum absolute atomic E-state index is 0.140. The van der Waals surface area contributed by atoms with Gasteiger partial charge in [0.05, 0.1) is 23.3 Å². The van der Waals surface area contributed by atoms with Crippen molar-refractivity contribution in [1.29, 1.82) is 0 Å². The molecule has 3 fully saturated rings. The fourth-order valence-electron chi connectivity index (χ4n) is 21.8. The number of rotatable bonds is 9. The van der Waals surface area contributed by atoms with Crippen LogP contribution >= 0.6 is 0 Å². The van der Waals surface area contributed by atoms with Gasteiger partial charge < -0.3 is 4.74 Å². The topological polar surface area (TPSA) is 9.23 Å². The average Bonchev–Trinajstić information content (AvgIpc) is 1.02. The third-order valence-corrected chi connectivity index (χ3v) is 36.7. The lowest BCUT2D eigenvalue weighted by atomic mass is 9.69. The van der Waals surface area contributed by atoms with Crippen molar-refractivity contribution in [1.82, 2.24) is 0 Å². The van der Waals surface area contributed by atoms with E-state index < -0.39 is 16.1 Å². The van der Waals surface area contributed by atoms with Crippen LogP contribution in [0.3, 0.4) is 0 Å². The third kappa shape index (κ3) is 21.9. The number of methoxy groups -OCH3 is 1. The molecule has 0 spiro atoms. The molecule has 3 aliphatic rings. The standard InChI is InChI=1S/C23H32.C21H32Si.C21H28.C20H26.C18H26Si.C16H20O/c1-16-18-9-7-8-10-19(18)20(15-21(16)22(2,3)4)17-11-13-23(5,6)14-12-17;1-8-22(9-2,10-3)20-15-19(21(5,6)7)16(4)17-13-11-12-14-18(17)20;1-15-17-12-8-9-13-18(17)19(14-20(15)21(2,3)4)16-10-6-5-7-11-16;1-14-16-11-7-8-12-17(16)18(15-9-5-6-10-15)13-19(14)20(2,3)4;1-13-14-10-8-9-11-15(14)17(19(5,6)7)12-16(13)18(2,3)4;1-11-12-8-6-7-9-13(12)15(17-5)10-14(11)16(2,3)4/h7-10,15,17H,11-14H2,1-6H3;11-15H,8-10H2,1-7H3;8-9,12-14,16H,5-7,10-11H2,1-4H3;7-8,11-13,15H,5-6,9-10H2,1-4H3;8-12H,1-7H3;6-10H,1-5H3. The predicted molar refractivity (Wildman–Crippen MR) is 553 cm³/mol. The number of fused-ring (bicyclic) bond motifs is 6. The van der Waals surface area contributed by atoms with Gasteiger partial charge in [-0.3, -0.25) is 0 Å². The summed E-state index contributed by atoms with van der Waals surface area (Å²) in [5, 5.41) is 20.5.